The van der Waals surface area contributed by atoms with E-state index >= 15 is 0 Å². The number of aliphatic hydroxyl groups is 1. The molecule has 0 amide bonds. The first-order valence-electron chi connectivity index (χ1n) is 5.35. The fourth-order valence-corrected chi connectivity index (χ4v) is 1.47. The van der Waals surface area contributed by atoms with Crippen LogP contribution in [0, 0.1) is 0 Å². The third-order valence-electron chi connectivity index (χ3n) is 2.66. The van der Waals surface area contributed by atoms with Crippen LogP contribution in [0.15, 0.2) is 28.8 Å². The zero-order chi connectivity index (χ0) is 12.4. The molecule has 90 valence electrons. The van der Waals surface area contributed by atoms with Crippen molar-refractivity contribution in [2.75, 3.05) is 0 Å². The van der Waals surface area contributed by atoms with Gasteiger partial charge in [-0.1, -0.05) is 23.7 Å². The van der Waals surface area contributed by atoms with Gasteiger partial charge in [0, 0.05) is 10.6 Å². The van der Waals surface area contributed by atoms with Crippen LogP contribution >= 0.6 is 11.6 Å². The molecule has 1 aromatic carbocycles. The van der Waals surface area contributed by atoms with Crippen LogP contribution in [0.1, 0.15) is 25.7 Å². The van der Waals surface area contributed by atoms with E-state index < -0.39 is 6.10 Å². The number of nitrogens with zero attached hydrogens (tertiary/aromatic N) is 2. The van der Waals surface area contributed by atoms with Crippen LogP contribution in [-0.2, 0) is 0 Å². The molecule has 0 radical (unpaired) electrons. The monoisotopic (exact) mass is 252 g/mol. The van der Waals surface area contributed by atoms with Crippen molar-refractivity contribution in [3.05, 3.63) is 35.2 Å². The number of rotatable bonds is 3. The Labute approximate surface area is 104 Å². The Morgan fingerprint density at radius 2 is 1.88 bits per heavy atom. The van der Waals surface area contributed by atoms with E-state index in [0.29, 0.717) is 16.7 Å². The van der Waals surface area contributed by atoms with Crippen molar-refractivity contribution >= 4 is 11.6 Å². The van der Waals surface area contributed by atoms with E-state index in [4.69, 9.17) is 16.1 Å². The molecule has 0 fully saturated rings. The Bertz CT molecular complexity index is 493. The summed E-state index contributed by atoms with van der Waals surface area (Å²) in [6, 6.07) is 7.18. The summed E-state index contributed by atoms with van der Waals surface area (Å²) in [4.78, 5) is 4.25. The van der Waals surface area contributed by atoms with Gasteiger partial charge in [0.2, 0.25) is 11.7 Å². The highest BCUT2D eigenvalue weighted by Crippen LogP contribution is 2.22. The maximum atomic E-state index is 9.45. The van der Waals surface area contributed by atoms with Crippen molar-refractivity contribution in [2.45, 2.75) is 25.9 Å². The molecule has 0 saturated heterocycles. The minimum atomic E-state index is -0.520. The normalized spacial score (nSPS) is 14.6. The van der Waals surface area contributed by atoms with Gasteiger partial charge in [0.05, 0.1) is 12.0 Å². The molecule has 17 heavy (non-hydrogen) atoms. The summed E-state index contributed by atoms with van der Waals surface area (Å²) in [5, 5.41) is 14.0. The molecule has 0 bridgehead atoms. The molecule has 2 rings (SSSR count). The molecule has 0 aliphatic heterocycles. The van der Waals surface area contributed by atoms with Crippen LogP contribution in [-0.4, -0.2) is 21.4 Å². The fourth-order valence-electron chi connectivity index (χ4n) is 1.34. The lowest BCUT2D eigenvalue weighted by Gasteiger charge is -2.07. The second kappa shape index (κ2) is 4.85. The van der Waals surface area contributed by atoms with Crippen LogP contribution in [0.3, 0.4) is 0 Å². The molecule has 5 heteroatoms. The van der Waals surface area contributed by atoms with E-state index in [2.05, 4.69) is 10.1 Å². The standard InChI is InChI=1S/C12H13ClN2O2/c1-7(8(2)16)12-14-11(15-17-12)9-3-5-10(13)6-4-9/h3-8,16H,1-2H3. The Morgan fingerprint density at radius 3 is 2.47 bits per heavy atom. The van der Waals surface area contributed by atoms with Gasteiger partial charge in [-0.2, -0.15) is 4.98 Å². The smallest absolute Gasteiger partial charge is 0.232 e. The molecule has 1 aromatic heterocycles. The molecular weight excluding hydrogens is 240 g/mol. The minimum absolute atomic E-state index is 0.177. The Kier molecular flexibility index (Phi) is 3.45. The number of hydrogen-bond acceptors (Lipinski definition) is 4. The third kappa shape index (κ3) is 2.65. The highest BCUT2D eigenvalue weighted by Gasteiger charge is 2.19. The first-order chi connectivity index (χ1) is 8.08. The van der Waals surface area contributed by atoms with Gasteiger partial charge in [0.25, 0.3) is 0 Å². The average molecular weight is 253 g/mol. The average Bonchev–Trinajstić information content (AvgIpc) is 2.78. The molecular formula is C12H13ClN2O2. The molecule has 1 N–H and O–H groups in total. The van der Waals surface area contributed by atoms with Gasteiger partial charge in [0.15, 0.2) is 0 Å². The highest BCUT2D eigenvalue weighted by molar-refractivity contribution is 6.30. The van der Waals surface area contributed by atoms with Crippen LogP contribution in [0.25, 0.3) is 11.4 Å². The summed E-state index contributed by atoms with van der Waals surface area (Å²) < 4.78 is 5.12. The summed E-state index contributed by atoms with van der Waals surface area (Å²) in [5.41, 5.74) is 0.835. The van der Waals surface area contributed by atoms with Crippen LogP contribution in [0.4, 0.5) is 0 Å². The lowest BCUT2D eigenvalue weighted by molar-refractivity contribution is 0.151. The lowest BCUT2D eigenvalue weighted by Crippen LogP contribution is -2.11. The number of benzene rings is 1. The molecule has 0 aliphatic carbocycles. The van der Waals surface area contributed by atoms with E-state index in [1.807, 2.05) is 19.1 Å². The second-order valence-corrected chi connectivity index (χ2v) is 4.43. The predicted molar refractivity (Wildman–Crippen MR) is 64.8 cm³/mol. The zero-order valence-electron chi connectivity index (χ0n) is 9.59. The number of aromatic nitrogens is 2. The number of aliphatic hydroxyl groups excluding tert-OH is 1. The van der Waals surface area contributed by atoms with Gasteiger partial charge in [-0.25, -0.2) is 0 Å². The molecule has 1 heterocycles. The quantitative estimate of drug-likeness (QED) is 0.913. The second-order valence-electron chi connectivity index (χ2n) is 3.99. The fraction of sp³-hybridized carbons (Fsp3) is 0.333. The summed E-state index contributed by atoms with van der Waals surface area (Å²) in [5.74, 6) is 0.762. The predicted octanol–water partition coefficient (Wildman–Crippen LogP) is 2.87. The van der Waals surface area contributed by atoms with Crippen molar-refractivity contribution in [1.82, 2.24) is 10.1 Å². The zero-order valence-corrected chi connectivity index (χ0v) is 10.3. The Balaban J connectivity index is 2.26. The van der Waals surface area contributed by atoms with Crippen molar-refractivity contribution < 1.29 is 9.63 Å². The Hall–Kier alpha value is -1.39. The summed E-state index contributed by atoms with van der Waals surface area (Å²) in [7, 11) is 0. The SMILES string of the molecule is CC(O)C(C)c1nc(-c2ccc(Cl)cc2)no1. The van der Waals surface area contributed by atoms with E-state index in [1.165, 1.54) is 0 Å². The van der Waals surface area contributed by atoms with Crippen LogP contribution < -0.4 is 0 Å². The van der Waals surface area contributed by atoms with E-state index in [-0.39, 0.29) is 5.92 Å². The molecule has 0 spiro atoms. The molecule has 2 atom stereocenters. The first kappa shape index (κ1) is 12.1. The first-order valence-corrected chi connectivity index (χ1v) is 5.73. The highest BCUT2D eigenvalue weighted by atomic mass is 35.5. The van der Waals surface area contributed by atoms with Gasteiger partial charge in [-0.3, -0.25) is 0 Å². The van der Waals surface area contributed by atoms with Gasteiger partial charge in [-0.15, -0.1) is 0 Å². The van der Waals surface area contributed by atoms with E-state index in [1.54, 1.807) is 19.1 Å². The van der Waals surface area contributed by atoms with Gasteiger partial charge in [-0.05, 0) is 31.2 Å². The minimum Gasteiger partial charge on any atom is -0.393 e. The Morgan fingerprint density at radius 1 is 1.24 bits per heavy atom. The molecule has 0 saturated carbocycles. The summed E-state index contributed by atoms with van der Waals surface area (Å²) >= 11 is 5.80. The largest absolute Gasteiger partial charge is 0.393 e. The number of hydrogen-bond donors (Lipinski definition) is 1. The van der Waals surface area contributed by atoms with Crippen molar-refractivity contribution in [2.24, 2.45) is 0 Å². The summed E-state index contributed by atoms with van der Waals surface area (Å²) in [6.07, 6.45) is -0.520. The molecule has 2 unspecified atom stereocenters. The maximum absolute atomic E-state index is 9.45. The molecule has 2 aromatic rings. The van der Waals surface area contributed by atoms with Crippen LogP contribution in [0.2, 0.25) is 5.02 Å². The third-order valence-corrected chi connectivity index (χ3v) is 2.91. The lowest BCUT2D eigenvalue weighted by atomic mass is 10.1. The van der Waals surface area contributed by atoms with E-state index in [0.717, 1.165) is 5.56 Å². The van der Waals surface area contributed by atoms with Crippen molar-refractivity contribution in [3.8, 4) is 11.4 Å². The molecule has 0 aliphatic rings. The number of halogens is 1. The van der Waals surface area contributed by atoms with Gasteiger partial charge >= 0.3 is 0 Å². The van der Waals surface area contributed by atoms with Gasteiger partial charge in [0.1, 0.15) is 0 Å². The maximum Gasteiger partial charge on any atom is 0.232 e. The summed E-state index contributed by atoms with van der Waals surface area (Å²) in [6.45, 7) is 3.53. The topological polar surface area (TPSA) is 59.2 Å². The van der Waals surface area contributed by atoms with Gasteiger partial charge < -0.3 is 9.63 Å². The van der Waals surface area contributed by atoms with E-state index in [9.17, 15) is 5.11 Å². The van der Waals surface area contributed by atoms with Crippen molar-refractivity contribution in [3.63, 3.8) is 0 Å². The van der Waals surface area contributed by atoms with Crippen molar-refractivity contribution in [1.29, 1.82) is 0 Å². The molecule has 4 nitrogen and oxygen atoms in total. The van der Waals surface area contributed by atoms with Crippen LogP contribution in [0.5, 0.6) is 0 Å².